The van der Waals surface area contributed by atoms with Gasteiger partial charge in [-0.1, -0.05) is 18.2 Å². The Morgan fingerprint density at radius 1 is 1.21 bits per heavy atom. The summed E-state index contributed by atoms with van der Waals surface area (Å²) < 4.78 is 10.9. The van der Waals surface area contributed by atoms with Crippen molar-refractivity contribution in [3.63, 3.8) is 0 Å². The van der Waals surface area contributed by atoms with Gasteiger partial charge in [0.2, 0.25) is 5.91 Å². The van der Waals surface area contributed by atoms with Gasteiger partial charge in [0.1, 0.15) is 11.3 Å². The van der Waals surface area contributed by atoms with E-state index in [1.54, 1.807) is 14.2 Å². The van der Waals surface area contributed by atoms with Gasteiger partial charge in [-0.15, -0.1) is 0 Å². The van der Waals surface area contributed by atoms with Crippen LogP contribution in [-0.4, -0.2) is 81.7 Å². The number of guanidine groups is 1. The number of benzene rings is 1. The van der Waals surface area contributed by atoms with E-state index in [1.165, 1.54) is 0 Å². The molecule has 2 heterocycles. The zero-order chi connectivity index (χ0) is 20.6. The summed E-state index contributed by atoms with van der Waals surface area (Å²) in [4.78, 5) is 20.8. The summed E-state index contributed by atoms with van der Waals surface area (Å²) >= 11 is 0. The maximum atomic E-state index is 12.0. The van der Waals surface area contributed by atoms with Crippen molar-refractivity contribution >= 4 is 22.8 Å². The fraction of sp³-hybridized carbons (Fsp3) is 0.524. The highest BCUT2D eigenvalue weighted by molar-refractivity contribution is 5.83. The maximum absolute atomic E-state index is 12.0. The Morgan fingerprint density at radius 2 is 1.97 bits per heavy atom. The number of piperazine rings is 1. The zero-order valence-electron chi connectivity index (χ0n) is 17.5. The number of amides is 1. The van der Waals surface area contributed by atoms with E-state index in [0.29, 0.717) is 26.2 Å². The Bertz CT molecular complexity index is 840. The van der Waals surface area contributed by atoms with Gasteiger partial charge in [0.05, 0.1) is 19.7 Å². The van der Waals surface area contributed by atoms with Gasteiger partial charge in [-0.2, -0.15) is 0 Å². The van der Waals surface area contributed by atoms with Crippen LogP contribution in [0.3, 0.4) is 0 Å². The lowest BCUT2D eigenvalue weighted by Crippen LogP contribution is -2.54. The summed E-state index contributed by atoms with van der Waals surface area (Å²) in [6.45, 7) is 7.47. The van der Waals surface area contributed by atoms with E-state index in [2.05, 4.69) is 38.4 Å². The van der Waals surface area contributed by atoms with Crippen molar-refractivity contribution in [2.75, 3.05) is 60.0 Å². The van der Waals surface area contributed by atoms with Gasteiger partial charge in [0.15, 0.2) is 5.96 Å². The molecule has 0 spiro atoms. The topological polar surface area (TPSA) is 82.3 Å². The minimum atomic E-state index is 0.0402. The summed E-state index contributed by atoms with van der Waals surface area (Å²) in [5.74, 6) is 1.83. The standard InChI is InChI=1S/C21H31N5O3/c1-16-17-6-4-5-7-18(17)29-19(16)14-24-21(22-2)26-11-9-25(10-12-26)15-20(27)23-8-13-28-3/h4-7H,8-15H2,1-3H3,(H,22,24)(H,23,27). The Morgan fingerprint density at radius 3 is 2.66 bits per heavy atom. The first-order valence-corrected chi connectivity index (χ1v) is 10.0. The molecule has 0 bridgehead atoms. The first-order valence-electron chi connectivity index (χ1n) is 10.0. The van der Waals surface area contributed by atoms with Crippen molar-refractivity contribution in [1.82, 2.24) is 20.4 Å². The molecule has 2 aromatic rings. The highest BCUT2D eigenvalue weighted by Crippen LogP contribution is 2.24. The molecule has 0 saturated carbocycles. The Kier molecular flexibility index (Phi) is 7.48. The molecule has 1 aromatic heterocycles. The van der Waals surface area contributed by atoms with Gasteiger partial charge in [-0.25, -0.2) is 0 Å². The normalized spacial score (nSPS) is 15.7. The predicted molar refractivity (Wildman–Crippen MR) is 114 cm³/mol. The number of para-hydroxylation sites is 1. The van der Waals surface area contributed by atoms with Crippen molar-refractivity contribution in [3.05, 3.63) is 35.6 Å². The molecule has 1 aliphatic heterocycles. The lowest BCUT2D eigenvalue weighted by Gasteiger charge is -2.36. The van der Waals surface area contributed by atoms with Gasteiger partial charge in [-0.05, 0) is 13.0 Å². The molecule has 0 unspecified atom stereocenters. The van der Waals surface area contributed by atoms with Crippen molar-refractivity contribution in [3.8, 4) is 0 Å². The molecule has 1 amide bonds. The third-order valence-corrected chi connectivity index (χ3v) is 5.23. The SMILES string of the molecule is CN=C(NCc1oc2ccccc2c1C)N1CCN(CC(=O)NCCOC)CC1. The highest BCUT2D eigenvalue weighted by Gasteiger charge is 2.21. The molecule has 8 nitrogen and oxygen atoms in total. The second-order valence-corrected chi connectivity index (χ2v) is 7.15. The Balaban J connectivity index is 1.48. The first kappa shape index (κ1) is 21.1. The van der Waals surface area contributed by atoms with Crippen molar-refractivity contribution in [2.24, 2.45) is 4.99 Å². The second kappa shape index (κ2) is 10.3. The van der Waals surface area contributed by atoms with Gasteiger partial charge in [0.25, 0.3) is 0 Å². The molecule has 1 aliphatic rings. The van der Waals surface area contributed by atoms with Gasteiger partial charge >= 0.3 is 0 Å². The Hall–Kier alpha value is -2.58. The van der Waals surface area contributed by atoms with Crippen molar-refractivity contribution < 1.29 is 13.9 Å². The predicted octanol–water partition coefficient (Wildman–Crippen LogP) is 1.20. The summed E-state index contributed by atoms with van der Waals surface area (Å²) in [6.07, 6.45) is 0. The first-order chi connectivity index (χ1) is 14.1. The summed E-state index contributed by atoms with van der Waals surface area (Å²) in [5.41, 5.74) is 2.07. The molecule has 158 valence electrons. The number of carbonyl (C=O) groups excluding carboxylic acids is 1. The number of methoxy groups -OCH3 is 1. The molecule has 29 heavy (non-hydrogen) atoms. The zero-order valence-corrected chi connectivity index (χ0v) is 17.5. The number of hydrogen-bond donors (Lipinski definition) is 2. The number of furan rings is 1. The third kappa shape index (κ3) is 5.48. The molecular weight excluding hydrogens is 370 g/mol. The Labute approximate surface area is 171 Å². The van der Waals surface area contributed by atoms with Crippen LogP contribution in [-0.2, 0) is 16.1 Å². The lowest BCUT2D eigenvalue weighted by atomic mass is 10.1. The molecule has 0 radical (unpaired) electrons. The molecule has 8 heteroatoms. The number of hydrogen-bond acceptors (Lipinski definition) is 5. The van der Waals surface area contributed by atoms with Crippen molar-refractivity contribution in [1.29, 1.82) is 0 Å². The summed E-state index contributed by atoms with van der Waals surface area (Å²) in [5, 5.41) is 7.43. The molecular formula is C21H31N5O3. The van der Waals surface area contributed by atoms with E-state index in [1.807, 2.05) is 18.2 Å². The van der Waals surface area contributed by atoms with E-state index in [4.69, 9.17) is 9.15 Å². The number of fused-ring (bicyclic) bond motifs is 1. The van der Waals surface area contributed by atoms with Crippen LogP contribution in [0.25, 0.3) is 11.0 Å². The van der Waals surface area contributed by atoms with Gasteiger partial charge in [-0.3, -0.25) is 14.7 Å². The number of nitrogens with zero attached hydrogens (tertiary/aromatic N) is 3. The smallest absolute Gasteiger partial charge is 0.234 e. The minimum absolute atomic E-state index is 0.0402. The van der Waals surface area contributed by atoms with Gasteiger partial charge < -0.3 is 24.7 Å². The second-order valence-electron chi connectivity index (χ2n) is 7.15. The molecule has 0 atom stereocenters. The van der Waals surface area contributed by atoms with Crippen LogP contribution in [0.4, 0.5) is 0 Å². The number of ether oxygens (including phenoxy) is 1. The quantitative estimate of drug-likeness (QED) is 0.412. The molecule has 1 aromatic carbocycles. The van der Waals surface area contributed by atoms with Crippen molar-refractivity contribution in [2.45, 2.75) is 13.5 Å². The molecule has 3 rings (SSSR count). The number of carbonyl (C=O) groups is 1. The van der Waals surface area contributed by atoms with E-state index >= 15 is 0 Å². The number of nitrogens with one attached hydrogen (secondary N) is 2. The number of aliphatic imine (C=N–C) groups is 1. The number of rotatable bonds is 7. The van der Waals surface area contributed by atoms with E-state index in [9.17, 15) is 4.79 Å². The van der Waals surface area contributed by atoms with Crippen LogP contribution in [0.1, 0.15) is 11.3 Å². The summed E-state index contributed by atoms with van der Waals surface area (Å²) in [6, 6.07) is 8.08. The lowest BCUT2D eigenvalue weighted by molar-refractivity contribution is -0.122. The average Bonchev–Trinajstić information content (AvgIpc) is 3.06. The maximum Gasteiger partial charge on any atom is 0.234 e. The van der Waals surface area contributed by atoms with Gasteiger partial charge in [0, 0.05) is 57.8 Å². The molecule has 1 fully saturated rings. The van der Waals surface area contributed by atoms with E-state index in [-0.39, 0.29) is 5.91 Å². The van der Waals surface area contributed by atoms with Crippen LogP contribution in [0.2, 0.25) is 0 Å². The minimum Gasteiger partial charge on any atom is -0.459 e. The molecule has 2 N–H and O–H groups in total. The number of aryl methyl sites for hydroxylation is 1. The largest absolute Gasteiger partial charge is 0.459 e. The molecule has 0 aliphatic carbocycles. The highest BCUT2D eigenvalue weighted by atomic mass is 16.5. The fourth-order valence-corrected chi connectivity index (χ4v) is 3.55. The van der Waals surface area contributed by atoms with Crippen LogP contribution >= 0.6 is 0 Å². The van der Waals surface area contributed by atoms with Crippen LogP contribution in [0.15, 0.2) is 33.7 Å². The van der Waals surface area contributed by atoms with E-state index < -0.39 is 0 Å². The van der Waals surface area contributed by atoms with Crippen LogP contribution < -0.4 is 10.6 Å². The third-order valence-electron chi connectivity index (χ3n) is 5.23. The fourth-order valence-electron chi connectivity index (χ4n) is 3.55. The summed E-state index contributed by atoms with van der Waals surface area (Å²) in [7, 11) is 3.42. The average molecular weight is 402 g/mol. The molecule has 1 saturated heterocycles. The van der Waals surface area contributed by atoms with E-state index in [0.717, 1.165) is 54.4 Å². The van der Waals surface area contributed by atoms with Crippen LogP contribution in [0, 0.1) is 6.92 Å². The van der Waals surface area contributed by atoms with Crippen LogP contribution in [0.5, 0.6) is 0 Å². The monoisotopic (exact) mass is 401 g/mol.